The average molecular weight is 231 g/mol. The number of carboxylic acid groups (broad SMARTS) is 2. The molecule has 0 aromatic carbocycles. The van der Waals surface area contributed by atoms with Crippen LogP contribution in [0.5, 0.6) is 0 Å². The van der Waals surface area contributed by atoms with Gasteiger partial charge < -0.3 is 17.4 Å². The number of carbonyl (C=O) groups is 1. The van der Waals surface area contributed by atoms with Crippen LogP contribution in [0.15, 0.2) is 0 Å². The summed E-state index contributed by atoms with van der Waals surface area (Å²) in [5.74, 6) is 1.13. The van der Waals surface area contributed by atoms with Gasteiger partial charge in [-0.25, -0.2) is 4.79 Å². The minimum absolute atomic E-state index is 0. The third-order valence-corrected chi connectivity index (χ3v) is 2.49. The summed E-state index contributed by atoms with van der Waals surface area (Å²) in [6, 6.07) is 0. The van der Waals surface area contributed by atoms with Gasteiger partial charge in [-0.15, -0.1) is 0 Å². The van der Waals surface area contributed by atoms with Crippen LogP contribution >= 0.6 is 0 Å². The molecule has 0 atom stereocenters. The van der Waals surface area contributed by atoms with Gasteiger partial charge in [-0.3, -0.25) is 0 Å². The van der Waals surface area contributed by atoms with Gasteiger partial charge >= 0.3 is 57.5 Å². The third-order valence-electron chi connectivity index (χ3n) is 2.49. The van der Waals surface area contributed by atoms with E-state index in [4.69, 9.17) is 20.7 Å². The fraction of sp³-hybridized carbons (Fsp3) is 0.889. The van der Waals surface area contributed by atoms with Crippen LogP contribution in [0.3, 0.4) is 0 Å². The van der Waals surface area contributed by atoms with E-state index in [9.17, 15) is 0 Å². The Kier molecular flexibility index (Phi) is 13.2. The van der Waals surface area contributed by atoms with Crippen LogP contribution in [0.1, 0.15) is 36.0 Å². The molecule has 0 amide bonds. The predicted molar refractivity (Wildman–Crippen MR) is 54.0 cm³/mol. The maximum Gasteiger partial charge on any atom is 1.00 e. The summed E-state index contributed by atoms with van der Waals surface area (Å²) in [5, 5.41) is 13.9. The summed E-state index contributed by atoms with van der Waals surface area (Å²) < 4.78 is 0. The van der Waals surface area contributed by atoms with Crippen molar-refractivity contribution in [3.63, 3.8) is 0 Å². The summed E-state index contributed by atoms with van der Waals surface area (Å²) in [4.78, 5) is 8.56. The number of rotatable bonds is 2. The Morgan fingerprint density at radius 2 is 1.36 bits per heavy atom. The molecule has 0 aliphatic heterocycles. The van der Waals surface area contributed by atoms with E-state index in [-0.39, 0.29) is 58.4 Å². The van der Waals surface area contributed by atoms with Gasteiger partial charge in [-0.2, -0.15) is 0 Å². The van der Waals surface area contributed by atoms with Crippen LogP contribution in [0.4, 0.5) is 4.79 Å². The van der Waals surface area contributed by atoms with E-state index in [1.165, 1.54) is 0 Å². The Morgan fingerprint density at radius 1 is 1.21 bits per heavy atom. The van der Waals surface area contributed by atoms with E-state index in [2.05, 4.69) is 34.6 Å². The van der Waals surface area contributed by atoms with E-state index in [0.717, 1.165) is 0 Å². The van der Waals surface area contributed by atoms with Gasteiger partial charge in [-0.05, 0) is 18.8 Å². The van der Waals surface area contributed by atoms with E-state index >= 15 is 0 Å². The van der Waals surface area contributed by atoms with Crippen LogP contribution in [0.2, 0.25) is 0 Å². The molecule has 0 fully saturated rings. The van der Waals surface area contributed by atoms with Crippen molar-refractivity contribution >= 4 is 6.16 Å². The molecule has 0 aliphatic rings. The molecular weight excluding hydrogens is 209 g/mol. The zero-order chi connectivity index (χ0) is 11.2. The quantitative estimate of drug-likeness (QED) is 0.552. The molecule has 0 heterocycles. The molecule has 0 aliphatic carbocycles. The number of hydrogen-bond donors (Lipinski definition) is 3. The molecule has 0 rings (SSSR count). The van der Waals surface area contributed by atoms with Gasteiger partial charge in [0.15, 0.2) is 0 Å². The van der Waals surface area contributed by atoms with E-state index in [1.807, 2.05) is 0 Å². The first-order valence-corrected chi connectivity index (χ1v) is 4.33. The zero-order valence-corrected chi connectivity index (χ0v) is 13.2. The summed E-state index contributed by atoms with van der Waals surface area (Å²) in [6.07, 6.45) is -1.83. The van der Waals surface area contributed by atoms with Crippen LogP contribution < -0.4 is 57.1 Å². The largest absolute Gasteiger partial charge is 1.00 e. The molecule has 0 radical (unpaired) electrons. The van der Waals surface area contributed by atoms with Crippen molar-refractivity contribution in [2.75, 3.05) is 0 Å². The molecule has 0 aromatic rings. The molecule has 82 valence electrons. The second kappa shape index (κ2) is 9.12. The SMILES string of the molecule is CC(C)C(C)(N)C(C)C.O=C(O)O.[H-].[K+]. The van der Waals surface area contributed by atoms with Gasteiger partial charge in [0.05, 0.1) is 0 Å². The molecule has 0 unspecified atom stereocenters. The summed E-state index contributed by atoms with van der Waals surface area (Å²) >= 11 is 0. The second-order valence-corrected chi connectivity index (χ2v) is 3.96. The first-order valence-electron chi connectivity index (χ1n) is 4.33. The van der Waals surface area contributed by atoms with Gasteiger partial charge in [0.25, 0.3) is 0 Å². The van der Waals surface area contributed by atoms with Crippen molar-refractivity contribution < 1.29 is 67.8 Å². The molecule has 0 saturated heterocycles. The van der Waals surface area contributed by atoms with Gasteiger partial charge in [-0.1, -0.05) is 27.7 Å². The minimum Gasteiger partial charge on any atom is -1.00 e. The monoisotopic (exact) mass is 231 g/mol. The van der Waals surface area contributed by atoms with Crippen molar-refractivity contribution in [3.05, 3.63) is 0 Å². The van der Waals surface area contributed by atoms with Crippen LogP contribution in [-0.4, -0.2) is 21.9 Å². The molecular formula is C9H22KNO3. The van der Waals surface area contributed by atoms with Crippen molar-refractivity contribution in [3.8, 4) is 0 Å². The van der Waals surface area contributed by atoms with E-state index in [1.54, 1.807) is 0 Å². The number of nitrogens with two attached hydrogens (primary N) is 1. The molecule has 0 aromatic heterocycles. The number of hydrogen-bond acceptors (Lipinski definition) is 2. The maximum atomic E-state index is 8.56. The van der Waals surface area contributed by atoms with Crippen LogP contribution in [0, 0.1) is 11.8 Å². The molecule has 14 heavy (non-hydrogen) atoms. The summed E-state index contributed by atoms with van der Waals surface area (Å²) in [5.41, 5.74) is 6.00. The fourth-order valence-electron chi connectivity index (χ4n) is 0.667. The normalized spacial score (nSPS) is 10.3. The Labute approximate surface area is 130 Å². The maximum absolute atomic E-state index is 8.56. The Bertz CT molecular complexity index is 149. The molecule has 0 saturated carbocycles. The fourth-order valence-corrected chi connectivity index (χ4v) is 0.667. The first kappa shape index (κ1) is 20.3. The average Bonchev–Trinajstić information content (AvgIpc) is 1.85. The van der Waals surface area contributed by atoms with Crippen molar-refractivity contribution in [1.82, 2.24) is 0 Å². The molecule has 4 N–H and O–H groups in total. The van der Waals surface area contributed by atoms with Crippen molar-refractivity contribution in [2.45, 2.75) is 40.2 Å². The van der Waals surface area contributed by atoms with Gasteiger partial charge in [0, 0.05) is 5.54 Å². The predicted octanol–water partition coefficient (Wildman–Crippen LogP) is -0.645. The smallest absolute Gasteiger partial charge is 1.00 e. The third kappa shape index (κ3) is 10.9. The Balaban J connectivity index is -0.0000000883. The Morgan fingerprint density at radius 3 is 1.36 bits per heavy atom. The zero-order valence-electron chi connectivity index (χ0n) is 11.0. The molecule has 0 bridgehead atoms. The molecule has 5 heteroatoms. The minimum atomic E-state index is -1.83. The Hall–Kier alpha value is 0.866. The van der Waals surface area contributed by atoms with Crippen molar-refractivity contribution in [2.24, 2.45) is 17.6 Å². The molecule has 0 spiro atoms. The molecule has 4 nitrogen and oxygen atoms in total. The second-order valence-electron chi connectivity index (χ2n) is 3.96. The summed E-state index contributed by atoms with van der Waals surface area (Å²) in [6.45, 7) is 10.8. The van der Waals surface area contributed by atoms with Crippen LogP contribution in [0.25, 0.3) is 0 Å². The van der Waals surface area contributed by atoms with E-state index < -0.39 is 6.16 Å². The van der Waals surface area contributed by atoms with Gasteiger partial charge in [0.1, 0.15) is 0 Å². The topological polar surface area (TPSA) is 83.6 Å². The van der Waals surface area contributed by atoms with E-state index in [0.29, 0.717) is 11.8 Å². The summed E-state index contributed by atoms with van der Waals surface area (Å²) in [7, 11) is 0. The van der Waals surface area contributed by atoms with Gasteiger partial charge in [0.2, 0.25) is 0 Å². The first-order chi connectivity index (χ1) is 5.62. The standard InChI is InChI=1S/C8H19N.CH2O3.K.H/c1-6(2)8(5,9)7(3)4;2-1(3)4;;/h6-7H,9H2,1-5H3;(H2,2,3,4);;/q;;+1;-1. The van der Waals surface area contributed by atoms with Crippen LogP contribution in [-0.2, 0) is 0 Å². The van der Waals surface area contributed by atoms with Crippen molar-refractivity contribution in [1.29, 1.82) is 0 Å².